The molecule has 1 saturated heterocycles. The molecular weight excluding hydrogens is 188 g/mol. The molecule has 1 aliphatic heterocycles. The summed E-state index contributed by atoms with van der Waals surface area (Å²) in [6, 6.07) is 3.96. The minimum Gasteiger partial charge on any atom is -0.342 e. The molecule has 3 rings (SSSR count). The molecule has 4 heteroatoms. The molecule has 0 unspecified atom stereocenters. The number of hydrogen-bond donors (Lipinski definition) is 2. The summed E-state index contributed by atoms with van der Waals surface area (Å²) < 4.78 is 0. The molecule has 0 spiro atoms. The van der Waals surface area contributed by atoms with Crippen LogP contribution >= 0.6 is 0 Å². The van der Waals surface area contributed by atoms with E-state index in [1.807, 2.05) is 18.3 Å². The zero-order valence-corrected chi connectivity index (χ0v) is 8.27. The molecule has 2 aromatic rings. The van der Waals surface area contributed by atoms with Gasteiger partial charge in [0.15, 0.2) is 0 Å². The Kier molecular flexibility index (Phi) is 1.99. The first kappa shape index (κ1) is 8.61. The number of aromatic amines is 1. The first-order valence-corrected chi connectivity index (χ1v) is 5.09. The van der Waals surface area contributed by atoms with Gasteiger partial charge in [-0.1, -0.05) is 0 Å². The van der Waals surface area contributed by atoms with Crippen LogP contribution in [0.2, 0.25) is 0 Å². The average Bonchev–Trinajstić information content (AvgIpc) is 2.66. The number of aromatic nitrogens is 3. The molecule has 0 atom stereocenters. The second kappa shape index (κ2) is 3.47. The molecule has 4 nitrogen and oxygen atoms in total. The normalized spacial score (nSPS) is 16.3. The van der Waals surface area contributed by atoms with Gasteiger partial charge >= 0.3 is 0 Å². The van der Waals surface area contributed by atoms with E-state index in [9.17, 15) is 0 Å². The monoisotopic (exact) mass is 200 g/mol. The van der Waals surface area contributed by atoms with Crippen molar-refractivity contribution >= 4 is 0 Å². The summed E-state index contributed by atoms with van der Waals surface area (Å²) in [6.07, 6.45) is 5.48. The van der Waals surface area contributed by atoms with Crippen molar-refractivity contribution in [3.05, 3.63) is 36.5 Å². The third-order valence-electron chi connectivity index (χ3n) is 2.75. The van der Waals surface area contributed by atoms with Crippen molar-refractivity contribution in [3.8, 4) is 11.3 Å². The lowest BCUT2D eigenvalue weighted by Crippen LogP contribution is -2.40. The topological polar surface area (TPSA) is 53.6 Å². The lowest BCUT2D eigenvalue weighted by atomic mass is 10.0. The van der Waals surface area contributed by atoms with E-state index in [-0.39, 0.29) is 0 Å². The smallest absolute Gasteiger partial charge is 0.112 e. The maximum Gasteiger partial charge on any atom is 0.112 e. The number of imidazole rings is 1. The van der Waals surface area contributed by atoms with E-state index < -0.39 is 0 Å². The van der Waals surface area contributed by atoms with E-state index in [4.69, 9.17) is 0 Å². The standard InChI is InChI=1S/C11H12N4/c1-3-12-4-2-8(1)10-7-14-11(15-10)9-5-13-6-9/h1-4,7,9,13H,5-6H2,(H,14,15). The summed E-state index contributed by atoms with van der Waals surface area (Å²) in [5.74, 6) is 1.64. The van der Waals surface area contributed by atoms with Crippen molar-refractivity contribution in [1.29, 1.82) is 0 Å². The van der Waals surface area contributed by atoms with E-state index >= 15 is 0 Å². The average molecular weight is 200 g/mol. The van der Waals surface area contributed by atoms with Crippen molar-refractivity contribution < 1.29 is 0 Å². The van der Waals surface area contributed by atoms with Crippen LogP contribution in [0.1, 0.15) is 11.7 Å². The molecule has 2 aromatic heterocycles. The van der Waals surface area contributed by atoms with E-state index in [0.29, 0.717) is 5.92 Å². The Morgan fingerprint density at radius 2 is 2.00 bits per heavy atom. The molecule has 76 valence electrons. The molecule has 1 aliphatic rings. The van der Waals surface area contributed by atoms with E-state index in [0.717, 1.165) is 30.2 Å². The second-order valence-corrected chi connectivity index (χ2v) is 3.77. The van der Waals surface area contributed by atoms with E-state index in [1.54, 1.807) is 12.4 Å². The summed E-state index contributed by atoms with van der Waals surface area (Å²) in [6.45, 7) is 2.06. The first-order valence-electron chi connectivity index (χ1n) is 5.09. The Labute approximate surface area is 87.8 Å². The number of rotatable bonds is 2. The van der Waals surface area contributed by atoms with E-state index in [2.05, 4.69) is 20.3 Å². The molecule has 15 heavy (non-hydrogen) atoms. The summed E-state index contributed by atoms with van der Waals surface area (Å²) in [5, 5.41) is 3.24. The largest absolute Gasteiger partial charge is 0.342 e. The van der Waals surface area contributed by atoms with Crippen molar-refractivity contribution in [2.24, 2.45) is 0 Å². The highest BCUT2D eigenvalue weighted by Gasteiger charge is 2.21. The summed E-state index contributed by atoms with van der Waals surface area (Å²) >= 11 is 0. The van der Waals surface area contributed by atoms with Crippen LogP contribution in [0.15, 0.2) is 30.7 Å². The highest BCUT2D eigenvalue weighted by atomic mass is 15.0. The zero-order chi connectivity index (χ0) is 10.1. The van der Waals surface area contributed by atoms with Gasteiger partial charge in [0.05, 0.1) is 11.9 Å². The van der Waals surface area contributed by atoms with Gasteiger partial charge in [0.25, 0.3) is 0 Å². The quantitative estimate of drug-likeness (QED) is 0.764. The van der Waals surface area contributed by atoms with Crippen molar-refractivity contribution in [2.45, 2.75) is 5.92 Å². The fourth-order valence-corrected chi connectivity index (χ4v) is 1.70. The van der Waals surface area contributed by atoms with Crippen LogP contribution in [0, 0.1) is 0 Å². The van der Waals surface area contributed by atoms with Gasteiger partial charge in [0.1, 0.15) is 5.82 Å². The number of H-pyrrole nitrogens is 1. The number of pyridine rings is 1. The Hall–Kier alpha value is -1.68. The van der Waals surface area contributed by atoms with Gasteiger partial charge in [-0.3, -0.25) is 4.98 Å². The molecule has 0 bridgehead atoms. The molecule has 3 heterocycles. The molecule has 0 saturated carbocycles. The van der Waals surface area contributed by atoms with Gasteiger partial charge in [-0.2, -0.15) is 0 Å². The maximum absolute atomic E-state index is 4.40. The first-order chi connectivity index (χ1) is 7.43. The number of nitrogens with zero attached hydrogens (tertiary/aromatic N) is 2. The maximum atomic E-state index is 4.40. The fraction of sp³-hybridized carbons (Fsp3) is 0.273. The Morgan fingerprint density at radius 1 is 1.20 bits per heavy atom. The predicted octanol–water partition coefficient (Wildman–Crippen LogP) is 1.16. The van der Waals surface area contributed by atoms with Gasteiger partial charge in [0.2, 0.25) is 0 Å². The van der Waals surface area contributed by atoms with Gasteiger partial charge in [-0.25, -0.2) is 4.98 Å². The van der Waals surface area contributed by atoms with Crippen LogP contribution in [0.5, 0.6) is 0 Å². The molecule has 0 aromatic carbocycles. The summed E-state index contributed by atoms with van der Waals surface area (Å²) in [5.41, 5.74) is 2.20. The molecule has 2 N–H and O–H groups in total. The van der Waals surface area contributed by atoms with Crippen LogP contribution in [0.3, 0.4) is 0 Å². The predicted molar refractivity (Wildman–Crippen MR) is 57.4 cm³/mol. The third-order valence-corrected chi connectivity index (χ3v) is 2.75. The van der Waals surface area contributed by atoms with Gasteiger partial charge in [-0.05, 0) is 12.1 Å². The Bertz CT molecular complexity index is 445. The van der Waals surface area contributed by atoms with Crippen LogP contribution in [0.25, 0.3) is 11.3 Å². The van der Waals surface area contributed by atoms with Crippen LogP contribution in [-0.4, -0.2) is 28.0 Å². The van der Waals surface area contributed by atoms with Crippen molar-refractivity contribution in [3.63, 3.8) is 0 Å². The molecule has 0 radical (unpaired) electrons. The van der Waals surface area contributed by atoms with Crippen molar-refractivity contribution in [2.75, 3.05) is 13.1 Å². The molecule has 1 fully saturated rings. The second-order valence-electron chi connectivity index (χ2n) is 3.77. The molecular formula is C11H12N4. The van der Waals surface area contributed by atoms with Gasteiger partial charge in [-0.15, -0.1) is 0 Å². The summed E-state index contributed by atoms with van der Waals surface area (Å²) in [4.78, 5) is 11.7. The minimum absolute atomic E-state index is 0.556. The van der Waals surface area contributed by atoms with Crippen molar-refractivity contribution in [1.82, 2.24) is 20.3 Å². The van der Waals surface area contributed by atoms with Gasteiger partial charge < -0.3 is 10.3 Å². The lowest BCUT2D eigenvalue weighted by molar-refractivity contribution is 0.433. The SMILES string of the molecule is c1cc(-c2cnc(C3CNC3)[nH]2)ccn1. The molecule has 0 aliphatic carbocycles. The summed E-state index contributed by atoms with van der Waals surface area (Å²) in [7, 11) is 0. The zero-order valence-electron chi connectivity index (χ0n) is 8.27. The van der Waals surface area contributed by atoms with Crippen LogP contribution in [-0.2, 0) is 0 Å². The molecule has 0 amide bonds. The highest BCUT2D eigenvalue weighted by Crippen LogP contribution is 2.21. The lowest BCUT2D eigenvalue weighted by Gasteiger charge is -2.24. The Morgan fingerprint density at radius 3 is 2.67 bits per heavy atom. The van der Waals surface area contributed by atoms with Crippen LogP contribution in [0.4, 0.5) is 0 Å². The Balaban J connectivity index is 1.90. The number of hydrogen-bond acceptors (Lipinski definition) is 3. The third kappa shape index (κ3) is 1.53. The fourth-order valence-electron chi connectivity index (χ4n) is 1.70. The highest BCUT2D eigenvalue weighted by molar-refractivity contribution is 5.57. The van der Waals surface area contributed by atoms with Gasteiger partial charge in [0, 0.05) is 37.0 Å². The number of nitrogens with one attached hydrogen (secondary N) is 2. The van der Waals surface area contributed by atoms with Crippen LogP contribution < -0.4 is 5.32 Å². The minimum atomic E-state index is 0.556. The van der Waals surface area contributed by atoms with E-state index in [1.165, 1.54) is 0 Å².